The second-order valence-electron chi connectivity index (χ2n) is 5.35. The van der Waals surface area contributed by atoms with Gasteiger partial charge >= 0.3 is 0 Å². The minimum absolute atomic E-state index is 0.0645. The number of nitrogens with two attached hydrogens (primary N) is 1. The van der Waals surface area contributed by atoms with Gasteiger partial charge in [0.1, 0.15) is 5.75 Å². The van der Waals surface area contributed by atoms with Gasteiger partial charge in [-0.05, 0) is 32.8 Å². The van der Waals surface area contributed by atoms with E-state index in [1.54, 1.807) is 14.2 Å². The first-order valence-corrected chi connectivity index (χ1v) is 6.69. The molecule has 19 heavy (non-hydrogen) atoms. The quantitative estimate of drug-likeness (QED) is 0.858. The van der Waals surface area contributed by atoms with Crippen molar-refractivity contribution in [2.75, 3.05) is 20.8 Å². The fourth-order valence-corrected chi connectivity index (χ4v) is 2.36. The molecule has 4 heteroatoms. The summed E-state index contributed by atoms with van der Waals surface area (Å²) in [6.07, 6.45) is 2.30. The zero-order valence-electron chi connectivity index (χ0n) is 12.2. The van der Waals surface area contributed by atoms with Crippen LogP contribution in [0.2, 0.25) is 0 Å². The molecule has 1 aromatic carbocycles. The van der Waals surface area contributed by atoms with Crippen molar-refractivity contribution in [3.8, 4) is 17.2 Å². The molecule has 0 bridgehead atoms. The molecule has 2 rings (SSSR count). The van der Waals surface area contributed by atoms with Crippen LogP contribution in [-0.4, -0.2) is 26.9 Å². The Labute approximate surface area is 114 Å². The van der Waals surface area contributed by atoms with E-state index in [1.165, 1.54) is 0 Å². The van der Waals surface area contributed by atoms with E-state index in [9.17, 15) is 0 Å². The first kappa shape index (κ1) is 14.0. The van der Waals surface area contributed by atoms with Crippen molar-refractivity contribution in [1.29, 1.82) is 0 Å². The summed E-state index contributed by atoms with van der Waals surface area (Å²) in [5.74, 6) is 2.29. The molecular formula is C15H23NO3. The first-order valence-electron chi connectivity index (χ1n) is 6.69. The van der Waals surface area contributed by atoms with E-state index in [-0.39, 0.29) is 11.5 Å². The summed E-state index contributed by atoms with van der Waals surface area (Å²) in [7, 11) is 3.33. The van der Waals surface area contributed by atoms with Crippen molar-refractivity contribution < 1.29 is 14.2 Å². The molecule has 1 saturated carbocycles. The normalized spacial score (nSPS) is 16.3. The van der Waals surface area contributed by atoms with Crippen LogP contribution in [0, 0.1) is 0 Å². The van der Waals surface area contributed by atoms with Crippen LogP contribution in [0.5, 0.6) is 17.2 Å². The molecule has 1 fully saturated rings. The highest BCUT2D eigenvalue weighted by atomic mass is 16.5. The zero-order chi connectivity index (χ0) is 14.0. The van der Waals surface area contributed by atoms with Crippen molar-refractivity contribution >= 4 is 0 Å². The van der Waals surface area contributed by atoms with E-state index in [0.717, 1.165) is 29.9 Å². The summed E-state index contributed by atoms with van der Waals surface area (Å²) in [6.45, 7) is 4.61. The predicted octanol–water partition coefficient (Wildman–Crippen LogP) is 2.48. The maximum atomic E-state index is 5.91. The fraction of sp³-hybridized carbons (Fsp3) is 0.600. The smallest absolute Gasteiger partial charge is 0.165 e. The van der Waals surface area contributed by atoms with Gasteiger partial charge in [0.05, 0.1) is 20.3 Å². The Morgan fingerprint density at radius 1 is 1.11 bits per heavy atom. The third-order valence-electron chi connectivity index (χ3n) is 3.66. The number of benzene rings is 1. The molecule has 0 unspecified atom stereocenters. The number of hydrogen-bond donors (Lipinski definition) is 1. The van der Waals surface area contributed by atoms with Crippen molar-refractivity contribution in [2.24, 2.45) is 5.73 Å². The lowest BCUT2D eigenvalue weighted by Gasteiger charge is -2.21. The molecule has 0 atom stereocenters. The van der Waals surface area contributed by atoms with Crippen molar-refractivity contribution in [1.82, 2.24) is 0 Å². The minimum Gasteiger partial charge on any atom is -0.496 e. The van der Waals surface area contributed by atoms with Gasteiger partial charge in [0.25, 0.3) is 0 Å². The Hall–Kier alpha value is -1.42. The van der Waals surface area contributed by atoms with Crippen LogP contribution in [0.4, 0.5) is 0 Å². The van der Waals surface area contributed by atoms with Crippen molar-refractivity contribution in [2.45, 2.75) is 38.2 Å². The van der Waals surface area contributed by atoms with Gasteiger partial charge in [0.2, 0.25) is 0 Å². The molecule has 0 aliphatic heterocycles. The molecule has 0 amide bonds. The molecule has 1 aliphatic rings. The van der Waals surface area contributed by atoms with Crippen LogP contribution < -0.4 is 19.9 Å². The van der Waals surface area contributed by atoms with Gasteiger partial charge in [-0.1, -0.05) is 0 Å². The molecule has 0 heterocycles. The van der Waals surface area contributed by atoms with E-state index in [2.05, 4.69) is 0 Å². The van der Waals surface area contributed by atoms with Crippen LogP contribution in [0.1, 0.15) is 32.3 Å². The molecular weight excluding hydrogens is 242 g/mol. The summed E-state index contributed by atoms with van der Waals surface area (Å²) in [6, 6.07) is 3.92. The van der Waals surface area contributed by atoms with Gasteiger partial charge in [0.15, 0.2) is 11.5 Å². The minimum atomic E-state index is 0.0645. The molecule has 2 N–H and O–H groups in total. The van der Waals surface area contributed by atoms with Crippen molar-refractivity contribution in [3.63, 3.8) is 0 Å². The highest BCUT2D eigenvalue weighted by Gasteiger charge is 2.45. The Balaban J connectivity index is 2.45. The lowest BCUT2D eigenvalue weighted by atomic mass is 9.94. The van der Waals surface area contributed by atoms with Crippen LogP contribution in [0.15, 0.2) is 12.1 Å². The van der Waals surface area contributed by atoms with E-state index in [4.69, 9.17) is 19.9 Å². The van der Waals surface area contributed by atoms with Gasteiger partial charge in [-0.3, -0.25) is 0 Å². The maximum absolute atomic E-state index is 5.91. The number of ether oxygens (including phenoxy) is 3. The second-order valence-corrected chi connectivity index (χ2v) is 5.35. The third kappa shape index (κ3) is 2.63. The Bertz CT molecular complexity index is 453. The van der Waals surface area contributed by atoms with Gasteiger partial charge in [-0.25, -0.2) is 0 Å². The molecule has 0 saturated heterocycles. The second kappa shape index (κ2) is 5.29. The largest absolute Gasteiger partial charge is 0.496 e. The molecule has 106 valence electrons. The molecule has 0 spiro atoms. The number of methoxy groups -OCH3 is 2. The maximum Gasteiger partial charge on any atom is 0.165 e. The van der Waals surface area contributed by atoms with Crippen LogP contribution in [0.25, 0.3) is 0 Å². The molecule has 4 nitrogen and oxygen atoms in total. The summed E-state index contributed by atoms with van der Waals surface area (Å²) in [5.41, 5.74) is 7.10. The predicted molar refractivity (Wildman–Crippen MR) is 75.3 cm³/mol. The fourth-order valence-electron chi connectivity index (χ4n) is 2.36. The lowest BCUT2D eigenvalue weighted by Crippen LogP contribution is -2.20. The van der Waals surface area contributed by atoms with E-state index in [1.807, 2.05) is 26.0 Å². The zero-order valence-corrected chi connectivity index (χ0v) is 12.2. The third-order valence-corrected chi connectivity index (χ3v) is 3.66. The molecule has 1 aromatic rings. The molecule has 0 aromatic heterocycles. The topological polar surface area (TPSA) is 53.7 Å². The van der Waals surface area contributed by atoms with Crippen LogP contribution in [-0.2, 0) is 5.41 Å². The van der Waals surface area contributed by atoms with Gasteiger partial charge < -0.3 is 19.9 Å². The standard InChI is InChI=1S/C15H23NO3/c1-10(2)19-14-8-12(17-3)11(7-13(14)18-4)15(9-16)5-6-15/h7-8,10H,5-6,9,16H2,1-4H3. The summed E-state index contributed by atoms with van der Waals surface area (Å²) in [4.78, 5) is 0. The summed E-state index contributed by atoms with van der Waals surface area (Å²) >= 11 is 0. The highest BCUT2D eigenvalue weighted by molar-refractivity contribution is 5.55. The summed E-state index contributed by atoms with van der Waals surface area (Å²) in [5, 5.41) is 0. The molecule has 1 aliphatic carbocycles. The number of rotatable bonds is 6. The van der Waals surface area contributed by atoms with E-state index >= 15 is 0 Å². The van der Waals surface area contributed by atoms with E-state index < -0.39 is 0 Å². The SMILES string of the molecule is COc1cc(C2(CN)CC2)c(OC)cc1OC(C)C. The Morgan fingerprint density at radius 2 is 1.74 bits per heavy atom. The average molecular weight is 265 g/mol. The monoisotopic (exact) mass is 265 g/mol. The number of hydrogen-bond acceptors (Lipinski definition) is 4. The molecule has 0 radical (unpaired) electrons. The van der Waals surface area contributed by atoms with Gasteiger partial charge in [0, 0.05) is 23.6 Å². The van der Waals surface area contributed by atoms with Gasteiger partial charge in [-0.15, -0.1) is 0 Å². The summed E-state index contributed by atoms with van der Waals surface area (Å²) < 4.78 is 16.7. The Kier molecular flexibility index (Phi) is 3.90. The lowest BCUT2D eigenvalue weighted by molar-refractivity contribution is 0.228. The Morgan fingerprint density at radius 3 is 2.16 bits per heavy atom. The van der Waals surface area contributed by atoms with Crippen molar-refractivity contribution in [3.05, 3.63) is 17.7 Å². The highest BCUT2D eigenvalue weighted by Crippen LogP contribution is 2.52. The average Bonchev–Trinajstić information content (AvgIpc) is 3.18. The van der Waals surface area contributed by atoms with Crippen LogP contribution >= 0.6 is 0 Å². The van der Waals surface area contributed by atoms with Crippen LogP contribution in [0.3, 0.4) is 0 Å². The van der Waals surface area contributed by atoms with Gasteiger partial charge in [-0.2, -0.15) is 0 Å². The first-order chi connectivity index (χ1) is 9.06. The van der Waals surface area contributed by atoms with E-state index in [0.29, 0.717) is 12.3 Å².